The highest BCUT2D eigenvalue weighted by molar-refractivity contribution is 5.67. The molecule has 1 atom stereocenters. The van der Waals surface area contributed by atoms with E-state index in [0.29, 0.717) is 19.8 Å². The van der Waals surface area contributed by atoms with Crippen molar-refractivity contribution in [1.82, 2.24) is 5.32 Å². The van der Waals surface area contributed by atoms with Crippen LogP contribution in [0.3, 0.4) is 0 Å². The summed E-state index contributed by atoms with van der Waals surface area (Å²) in [5.74, 6) is 0.192. The first kappa shape index (κ1) is 13.9. The van der Waals surface area contributed by atoms with Gasteiger partial charge in [-0.1, -0.05) is 24.3 Å². The molecule has 0 bridgehead atoms. The molecule has 104 valence electrons. The smallest absolute Gasteiger partial charge is 0.407 e. The van der Waals surface area contributed by atoms with Gasteiger partial charge in [0.1, 0.15) is 5.60 Å². The van der Waals surface area contributed by atoms with E-state index in [1.165, 1.54) is 11.1 Å². The Morgan fingerprint density at radius 1 is 1.42 bits per heavy atom. The fraction of sp³-hybridized carbons (Fsp3) is 0.533. The van der Waals surface area contributed by atoms with Crippen LogP contribution in [0.1, 0.15) is 37.8 Å². The van der Waals surface area contributed by atoms with Gasteiger partial charge in [0.15, 0.2) is 0 Å². The first-order valence-corrected chi connectivity index (χ1v) is 6.58. The lowest BCUT2D eigenvalue weighted by molar-refractivity contribution is 0.0499. The van der Waals surface area contributed by atoms with Crippen LogP contribution in [0, 0.1) is 0 Å². The topological polar surface area (TPSA) is 47.6 Å². The molecule has 19 heavy (non-hydrogen) atoms. The van der Waals surface area contributed by atoms with Crippen LogP contribution in [0.15, 0.2) is 24.3 Å². The summed E-state index contributed by atoms with van der Waals surface area (Å²) in [5, 5.41) is 2.81. The number of nitrogens with one attached hydrogen (secondary N) is 1. The third kappa shape index (κ3) is 3.96. The van der Waals surface area contributed by atoms with E-state index in [4.69, 9.17) is 9.47 Å². The van der Waals surface area contributed by atoms with Crippen molar-refractivity contribution in [3.63, 3.8) is 0 Å². The Hall–Kier alpha value is -1.55. The highest BCUT2D eigenvalue weighted by atomic mass is 16.6. The summed E-state index contributed by atoms with van der Waals surface area (Å²) in [6, 6.07) is 8.19. The van der Waals surface area contributed by atoms with Crippen molar-refractivity contribution in [1.29, 1.82) is 0 Å². The molecule has 4 heteroatoms. The first-order chi connectivity index (χ1) is 8.96. The second kappa shape index (κ2) is 5.61. The number of alkyl carbamates (subject to hydrolysis) is 1. The van der Waals surface area contributed by atoms with Crippen LogP contribution in [0.25, 0.3) is 0 Å². The Balaban J connectivity index is 1.93. The van der Waals surface area contributed by atoms with Crippen molar-refractivity contribution in [2.24, 2.45) is 0 Å². The van der Waals surface area contributed by atoms with E-state index in [1.807, 2.05) is 32.9 Å². The molecule has 0 saturated heterocycles. The van der Waals surface area contributed by atoms with E-state index in [2.05, 4.69) is 17.4 Å². The molecule has 0 radical (unpaired) electrons. The van der Waals surface area contributed by atoms with E-state index in [1.54, 1.807) is 0 Å². The quantitative estimate of drug-likeness (QED) is 0.892. The lowest BCUT2D eigenvalue weighted by Crippen LogP contribution is -2.36. The number of carbonyl (C=O) groups is 1. The molecule has 1 aliphatic rings. The molecule has 2 rings (SSSR count). The number of hydrogen-bond donors (Lipinski definition) is 1. The van der Waals surface area contributed by atoms with Gasteiger partial charge in [0.25, 0.3) is 0 Å². The maximum absolute atomic E-state index is 11.6. The number of amides is 1. The molecule has 0 fully saturated rings. The molecule has 1 heterocycles. The number of rotatable bonds is 2. The third-order valence-corrected chi connectivity index (χ3v) is 2.96. The second-order valence-corrected chi connectivity index (χ2v) is 5.79. The molecular weight excluding hydrogens is 242 g/mol. The molecule has 1 N–H and O–H groups in total. The monoisotopic (exact) mass is 263 g/mol. The molecule has 0 saturated carbocycles. The molecule has 1 amide bonds. The number of hydrogen-bond acceptors (Lipinski definition) is 3. The summed E-state index contributed by atoms with van der Waals surface area (Å²) >= 11 is 0. The molecule has 1 aromatic rings. The van der Waals surface area contributed by atoms with Crippen molar-refractivity contribution in [3.8, 4) is 0 Å². The van der Waals surface area contributed by atoms with Crippen LogP contribution in [0.4, 0.5) is 4.79 Å². The molecule has 0 spiro atoms. The second-order valence-electron chi connectivity index (χ2n) is 5.79. The lowest BCUT2D eigenvalue weighted by Gasteiger charge is -2.26. The van der Waals surface area contributed by atoms with Gasteiger partial charge in [0.2, 0.25) is 0 Å². The van der Waals surface area contributed by atoms with Crippen molar-refractivity contribution in [3.05, 3.63) is 35.4 Å². The van der Waals surface area contributed by atoms with Crippen molar-refractivity contribution >= 4 is 6.09 Å². The van der Waals surface area contributed by atoms with Gasteiger partial charge in [-0.15, -0.1) is 0 Å². The van der Waals surface area contributed by atoms with Crippen LogP contribution >= 0.6 is 0 Å². The van der Waals surface area contributed by atoms with Crippen LogP contribution in [-0.2, 0) is 16.1 Å². The fourth-order valence-electron chi connectivity index (χ4n) is 2.15. The zero-order valence-corrected chi connectivity index (χ0v) is 11.7. The van der Waals surface area contributed by atoms with Gasteiger partial charge < -0.3 is 14.8 Å². The molecular formula is C15H21NO3. The molecule has 4 nitrogen and oxygen atoms in total. The summed E-state index contributed by atoms with van der Waals surface area (Å²) in [6.07, 6.45) is -0.379. The maximum Gasteiger partial charge on any atom is 0.407 e. The highest BCUT2D eigenvalue weighted by Gasteiger charge is 2.22. The average molecular weight is 263 g/mol. The molecule has 1 aliphatic heterocycles. The highest BCUT2D eigenvalue weighted by Crippen LogP contribution is 2.25. The van der Waals surface area contributed by atoms with Crippen molar-refractivity contribution in [2.75, 3.05) is 13.2 Å². The third-order valence-electron chi connectivity index (χ3n) is 2.96. The minimum atomic E-state index is -0.467. The summed E-state index contributed by atoms with van der Waals surface area (Å²) in [5.41, 5.74) is 1.99. The van der Waals surface area contributed by atoms with Gasteiger partial charge in [-0.05, 0) is 31.9 Å². The minimum Gasteiger partial charge on any atom is -0.444 e. The van der Waals surface area contributed by atoms with E-state index in [-0.39, 0.29) is 12.0 Å². The average Bonchev–Trinajstić information content (AvgIpc) is 2.34. The van der Waals surface area contributed by atoms with Crippen LogP contribution < -0.4 is 5.32 Å². The van der Waals surface area contributed by atoms with Crippen molar-refractivity contribution in [2.45, 2.75) is 38.9 Å². The SMILES string of the molecule is CC(C)(C)OC(=O)NCC1COCc2ccccc21. The number of ether oxygens (including phenoxy) is 2. The van der Waals surface area contributed by atoms with E-state index in [9.17, 15) is 4.79 Å². The Bertz CT molecular complexity index is 451. The fourth-order valence-corrected chi connectivity index (χ4v) is 2.15. The molecule has 1 unspecified atom stereocenters. The van der Waals surface area contributed by atoms with Gasteiger partial charge >= 0.3 is 6.09 Å². The molecule has 1 aromatic carbocycles. The van der Waals surface area contributed by atoms with E-state index < -0.39 is 5.60 Å². The zero-order chi connectivity index (χ0) is 13.9. The predicted octanol–water partition coefficient (Wildman–Crippen LogP) is 2.83. The Kier molecular flexibility index (Phi) is 4.10. The standard InChI is InChI=1S/C15H21NO3/c1-15(2,3)19-14(17)16-8-12-10-18-9-11-6-4-5-7-13(11)12/h4-7,12H,8-10H2,1-3H3,(H,16,17). The normalized spacial score (nSPS) is 18.6. The van der Waals surface area contributed by atoms with Crippen LogP contribution in [-0.4, -0.2) is 24.8 Å². The molecule has 0 aromatic heterocycles. The van der Waals surface area contributed by atoms with Crippen molar-refractivity contribution < 1.29 is 14.3 Å². The zero-order valence-electron chi connectivity index (χ0n) is 11.7. The number of fused-ring (bicyclic) bond motifs is 1. The first-order valence-electron chi connectivity index (χ1n) is 6.58. The van der Waals surface area contributed by atoms with Gasteiger partial charge in [-0.25, -0.2) is 4.79 Å². The van der Waals surface area contributed by atoms with Gasteiger partial charge in [-0.2, -0.15) is 0 Å². The van der Waals surface area contributed by atoms with E-state index >= 15 is 0 Å². The predicted molar refractivity (Wildman–Crippen MR) is 73.1 cm³/mol. The van der Waals surface area contributed by atoms with Crippen LogP contribution in [0.2, 0.25) is 0 Å². The Morgan fingerprint density at radius 2 is 2.16 bits per heavy atom. The Labute approximate surface area is 114 Å². The lowest BCUT2D eigenvalue weighted by atomic mass is 9.93. The van der Waals surface area contributed by atoms with Gasteiger partial charge in [0.05, 0.1) is 13.2 Å². The summed E-state index contributed by atoms with van der Waals surface area (Å²) in [6.45, 7) is 7.38. The maximum atomic E-state index is 11.6. The molecule has 0 aliphatic carbocycles. The summed E-state index contributed by atoms with van der Waals surface area (Å²) < 4.78 is 10.8. The number of benzene rings is 1. The van der Waals surface area contributed by atoms with Crippen LogP contribution in [0.5, 0.6) is 0 Å². The largest absolute Gasteiger partial charge is 0.444 e. The number of carbonyl (C=O) groups excluding carboxylic acids is 1. The minimum absolute atomic E-state index is 0.192. The Morgan fingerprint density at radius 3 is 2.89 bits per heavy atom. The van der Waals surface area contributed by atoms with Gasteiger partial charge in [-0.3, -0.25) is 0 Å². The summed E-state index contributed by atoms with van der Waals surface area (Å²) in [7, 11) is 0. The summed E-state index contributed by atoms with van der Waals surface area (Å²) in [4.78, 5) is 11.6. The van der Waals surface area contributed by atoms with Gasteiger partial charge in [0, 0.05) is 12.5 Å². The van der Waals surface area contributed by atoms with E-state index in [0.717, 1.165) is 0 Å².